The topological polar surface area (TPSA) is 70.2 Å². The molecule has 1 aliphatic heterocycles. The highest BCUT2D eigenvalue weighted by Gasteiger charge is 2.21. The maximum atomic E-state index is 12.3. The lowest BCUT2D eigenvalue weighted by Crippen LogP contribution is -2.42. The number of para-hydroxylation sites is 1. The van der Waals surface area contributed by atoms with E-state index in [4.69, 9.17) is 4.98 Å². The molecule has 31 heavy (non-hydrogen) atoms. The lowest BCUT2D eigenvalue weighted by atomic mass is 10.1. The van der Waals surface area contributed by atoms with Crippen LogP contribution in [0, 0.1) is 0 Å². The first kappa shape index (κ1) is 21.3. The first-order valence-electron chi connectivity index (χ1n) is 10.6. The monoisotopic (exact) mass is 433 g/mol. The second-order valence-electron chi connectivity index (χ2n) is 7.63. The Labute approximate surface area is 187 Å². The molecule has 2 heterocycles. The number of nitrogens with zero attached hydrogens (tertiary/aromatic N) is 3. The minimum Gasteiger partial charge on any atom is -0.366 e. The van der Waals surface area contributed by atoms with Crippen LogP contribution in [0.15, 0.2) is 78.1 Å². The van der Waals surface area contributed by atoms with E-state index >= 15 is 0 Å². The Balaban J connectivity index is 1.21. The van der Waals surface area contributed by atoms with Crippen LogP contribution in [0.5, 0.6) is 0 Å². The molecule has 2 aromatic carbocycles. The van der Waals surface area contributed by atoms with Gasteiger partial charge in [0.2, 0.25) is 5.91 Å². The molecule has 0 atom stereocenters. The highest BCUT2D eigenvalue weighted by atomic mass is 32.2. The van der Waals surface area contributed by atoms with Crippen LogP contribution in [0.4, 0.5) is 11.5 Å². The average molecular weight is 434 g/mol. The molecule has 0 unspecified atom stereocenters. The van der Waals surface area contributed by atoms with Crippen molar-refractivity contribution in [3.63, 3.8) is 0 Å². The Morgan fingerprint density at radius 3 is 2.45 bits per heavy atom. The predicted octanol–water partition coefficient (Wildman–Crippen LogP) is 4.28. The van der Waals surface area contributed by atoms with E-state index in [1.54, 1.807) is 18.0 Å². The second-order valence-corrected chi connectivity index (χ2v) is 8.62. The molecule has 0 bridgehead atoms. The summed E-state index contributed by atoms with van der Waals surface area (Å²) in [6.45, 7) is 2.19. The van der Waals surface area contributed by atoms with Crippen molar-refractivity contribution in [3.8, 4) is 0 Å². The average Bonchev–Trinajstić information content (AvgIpc) is 2.81. The Morgan fingerprint density at radius 1 is 1.00 bits per heavy atom. The van der Waals surface area contributed by atoms with E-state index in [0.29, 0.717) is 12.6 Å². The van der Waals surface area contributed by atoms with Crippen LogP contribution in [0.2, 0.25) is 0 Å². The fourth-order valence-electron chi connectivity index (χ4n) is 3.59. The van der Waals surface area contributed by atoms with Gasteiger partial charge in [0.05, 0.1) is 18.9 Å². The number of carbonyl (C=O) groups excluding carboxylic acids is 1. The van der Waals surface area contributed by atoms with E-state index in [0.717, 1.165) is 48.2 Å². The fraction of sp³-hybridized carbons (Fsp3) is 0.292. The third-order valence-electron chi connectivity index (χ3n) is 5.21. The van der Waals surface area contributed by atoms with Gasteiger partial charge < -0.3 is 10.6 Å². The van der Waals surface area contributed by atoms with E-state index in [9.17, 15) is 4.79 Å². The molecular formula is C24H27N5OS. The van der Waals surface area contributed by atoms with Crippen molar-refractivity contribution >= 4 is 29.2 Å². The number of piperidine rings is 1. The van der Waals surface area contributed by atoms with Gasteiger partial charge in [-0.1, -0.05) is 48.5 Å². The molecule has 4 rings (SSSR count). The summed E-state index contributed by atoms with van der Waals surface area (Å²) in [6.07, 6.45) is 5.54. The molecule has 1 aromatic heterocycles. The van der Waals surface area contributed by atoms with Gasteiger partial charge in [-0.25, -0.2) is 4.98 Å². The van der Waals surface area contributed by atoms with Crippen LogP contribution >= 0.6 is 11.8 Å². The highest BCUT2D eigenvalue weighted by molar-refractivity contribution is 7.98. The number of nitrogens with one attached hydrogen (secondary N) is 2. The summed E-state index contributed by atoms with van der Waals surface area (Å²) in [4.78, 5) is 23.5. The number of thioether (sulfide) groups is 1. The predicted molar refractivity (Wildman–Crippen MR) is 126 cm³/mol. The molecule has 2 N–H and O–H groups in total. The quantitative estimate of drug-likeness (QED) is 0.517. The number of hydrogen-bond donors (Lipinski definition) is 2. The van der Waals surface area contributed by atoms with E-state index in [-0.39, 0.29) is 5.91 Å². The van der Waals surface area contributed by atoms with Gasteiger partial charge in [0.15, 0.2) is 0 Å². The summed E-state index contributed by atoms with van der Waals surface area (Å²) in [5.41, 5.74) is 2.11. The van der Waals surface area contributed by atoms with Crippen LogP contribution in [0.25, 0.3) is 0 Å². The van der Waals surface area contributed by atoms with Crippen LogP contribution in [-0.4, -0.2) is 46.5 Å². The summed E-state index contributed by atoms with van der Waals surface area (Å²) in [5.74, 6) is 1.73. The van der Waals surface area contributed by atoms with Crippen molar-refractivity contribution < 1.29 is 4.79 Å². The van der Waals surface area contributed by atoms with Gasteiger partial charge >= 0.3 is 0 Å². The third-order valence-corrected chi connectivity index (χ3v) is 6.18. The number of amides is 1. The van der Waals surface area contributed by atoms with Gasteiger partial charge in [-0.3, -0.25) is 14.7 Å². The second kappa shape index (κ2) is 10.9. The van der Waals surface area contributed by atoms with Crippen LogP contribution in [0.1, 0.15) is 18.4 Å². The standard InChI is InChI=1S/C24H27N5OS/c30-23(27-20-9-5-2-6-10-20)17-29-13-11-21(12-14-29)26-22-15-25-16-24(28-22)31-18-19-7-3-1-4-8-19/h1-10,15-16,21H,11-14,17-18H2,(H,26,28)(H,27,30). The lowest BCUT2D eigenvalue weighted by Gasteiger charge is -2.32. The van der Waals surface area contributed by atoms with Gasteiger partial charge in [-0.15, -0.1) is 11.8 Å². The molecular weight excluding hydrogens is 406 g/mol. The Bertz CT molecular complexity index is 962. The molecule has 0 radical (unpaired) electrons. The van der Waals surface area contributed by atoms with Crippen molar-refractivity contribution in [2.75, 3.05) is 30.3 Å². The number of rotatable bonds is 8. The molecule has 3 aromatic rings. The zero-order chi connectivity index (χ0) is 21.3. The Morgan fingerprint density at radius 2 is 1.71 bits per heavy atom. The van der Waals surface area contributed by atoms with Gasteiger partial charge in [0, 0.05) is 30.6 Å². The molecule has 0 saturated carbocycles. The summed E-state index contributed by atoms with van der Waals surface area (Å²) >= 11 is 1.69. The van der Waals surface area contributed by atoms with Crippen molar-refractivity contribution in [2.45, 2.75) is 29.7 Å². The van der Waals surface area contributed by atoms with Crippen molar-refractivity contribution in [3.05, 3.63) is 78.6 Å². The van der Waals surface area contributed by atoms with Crippen molar-refractivity contribution in [1.29, 1.82) is 0 Å². The normalized spacial score (nSPS) is 14.8. The van der Waals surface area contributed by atoms with Crippen LogP contribution < -0.4 is 10.6 Å². The summed E-state index contributed by atoms with van der Waals surface area (Å²) < 4.78 is 0. The number of likely N-dealkylation sites (tertiary alicyclic amines) is 1. The number of anilines is 2. The lowest BCUT2D eigenvalue weighted by molar-refractivity contribution is -0.117. The van der Waals surface area contributed by atoms with E-state index in [2.05, 4.69) is 44.8 Å². The highest BCUT2D eigenvalue weighted by Crippen LogP contribution is 2.22. The van der Waals surface area contributed by atoms with E-state index in [1.165, 1.54) is 5.56 Å². The van der Waals surface area contributed by atoms with Gasteiger partial charge in [-0.05, 0) is 30.5 Å². The number of aromatic nitrogens is 2. The summed E-state index contributed by atoms with van der Waals surface area (Å²) in [6, 6.07) is 20.3. The Kier molecular flexibility index (Phi) is 7.52. The van der Waals surface area contributed by atoms with E-state index < -0.39 is 0 Å². The minimum atomic E-state index is 0.0339. The molecule has 0 spiro atoms. The van der Waals surface area contributed by atoms with Crippen LogP contribution in [-0.2, 0) is 10.5 Å². The molecule has 160 valence electrons. The number of hydrogen-bond acceptors (Lipinski definition) is 6. The van der Waals surface area contributed by atoms with Crippen molar-refractivity contribution in [2.24, 2.45) is 0 Å². The maximum Gasteiger partial charge on any atom is 0.238 e. The van der Waals surface area contributed by atoms with Gasteiger partial charge in [0.25, 0.3) is 0 Å². The fourth-order valence-corrected chi connectivity index (χ4v) is 4.39. The zero-order valence-corrected chi connectivity index (χ0v) is 18.2. The number of benzene rings is 2. The first-order chi connectivity index (χ1) is 15.2. The third kappa shape index (κ3) is 6.80. The SMILES string of the molecule is O=C(CN1CCC(Nc2cncc(SCc3ccccc3)n2)CC1)Nc1ccccc1. The van der Waals surface area contributed by atoms with Crippen LogP contribution in [0.3, 0.4) is 0 Å². The zero-order valence-electron chi connectivity index (χ0n) is 17.4. The van der Waals surface area contributed by atoms with Gasteiger partial charge in [-0.2, -0.15) is 0 Å². The van der Waals surface area contributed by atoms with E-state index in [1.807, 2.05) is 42.6 Å². The molecule has 1 aliphatic rings. The number of carbonyl (C=O) groups is 1. The molecule has 1 amide bonds. The Hall–Kier alpha value is -2.90. The summed E-state index contributed by atoms with van der Waals surface area (Å²) in [7, 11) is 0. The first-order valence-corrected chi connectivity index (χ1v) is 11.6. The maximum absolute atomic E-state index is 12.3. The molecule has 1 saturated heterocycles. The minimum absolute atomic E-state index is 0.0339. The molecule has 0 aliphatic carbocycles. The molecule has 6 nitrogen and oxygen atoms in total. The van der Waals surface area contributed by atoms with Crippen molar-refractivity contribution in [1.82, 2.24) is 14.9 Å². The largest absolute Gasteiger partial charge is 0.366 e. The molecule has 1 fully saturated rings. The summed E-state index contributed by atoms with van der Waals surface area (Å²) in [5, 5.41) is 7.39. The van der Waals surface area contributed by atoms with Gasteiger partial charge in [0.1, 0.15) is 10.8 Å². The smallest absolute Gasteiger partial charge is 0.238 e. The molecule has 7 heteroatoms.